The van der Waals surface area contributed by atoms with Crippen molar-refractivity contribution in [3.05, 3.63) is 0 Å². The second kappa shape index (κ2) is 4.99. The third-order valence-electron chi connectivity index (χ3n) is 1.83. The van der Waals surface area contributed by atoms with E-state index in [0.29, 0.717) is 5.54 Å². The van der Waals surface area contributed by atoms with Crippen LogP contribution in [0.15, 0.2) is 0 Å². The van der Waals surface area contributed by atoms with Crippen molar-refractivity contribution in [3.8, 4) is 0 Å². The summed E-state index contributed by atoms with van der Waals surface area (Å²) in [5, 5.41) is 7.65. The number of nitrogens with one attached hydrogen (secondary N) is 1. The fraction of sp³-hybridized carbons (Fsp3) is 1.00. The average Bonchev–Trinajstić information content (AvgIpc) is 1.92. The van der Waals surface area contributed by atoms with Crippen LogP contribution >= 0.6 is 12.8 Å². The Morgan fingerprint density at radius 2 is 1.90 bits per heavy atom. The fourth-order valence-electron chi connectivity index (χ4n) is 1.21. The lowest BCUT2D eigenvalue weighted by Crippen LogP contribution is -2.42. The van der Waals surface area contributed by atoms with E-state index in [1.54, 1.807) is 0 Å². The van der Waals surface area contributed by atoms with Gasteiger partial charge in [-0.2, -0.15) is 0 Å². The fourth-order valence-corrected chi connectivity index (χ4v) is 1.21. The first kappa shape index (κ1) is 10.3. The summed E-state index contributed by atoms with van der Waals surface area (Å²) in [6.07, 6.45) is 4.11. The minimum Gasteiger partial charge on any atom is -0.312 e. The standard InChI is InChI=1S/C7H15N.H3NS/c1-7(2)5-3-4-6-8-7;1-2/h8H,3-6H2,1-2H3;2H,1H2. The van der Waals surface area contributed by atoms with Gasteiger partial charge in [0.25, 0.3) is 0 Å². The highest BCUT2D eigenvalue weighted by Gasteiger charge is 2.18. The van der Waals surface area contributed by atoms with Crippen LogP contribution in [0.2, 0.25) is 0 Å². The first-order chi connectivity index (χ1) is 4.71. The van der Waals surface area contributed by atoms with Gasteiger partial charge < -0.3 is 5.32 Å². The Hall–Kier alpha value is 0.270. The Morgan fingerprint density at radius 3 is 2.10 bits per heavy atom. The highest BCUT2D eigenvalue weighted by molar-refractivity contribution is 7.77. The average molecular weight is 162 g/mol. The first-order valence-electron chi connectivity index (χ1n) is 3.72. The van der Waals surface area contributed by atoms with Gasteiger partial charge >= 0.3 is 0 Å². The lowest BCUT2D eigenvalue weighted by molar-refractivity contribution is 0.304. The van der Waals surface area contributed by atoms with Crippen molar-refractivity contribution in [2.45, 2.75) is 38.6 Å². The number of thiol groups is 1. The molecule has 1 fully saturated rings. The molecule has 1 saturated heterocycles. The molecule has 0 atom stereocenters. The Labute approximate surface area is 69.1 Å². The van der Waals surface area contributed by atoms with Crippen LogP contribution in [0.25, 0.3) is 0 Å². The van der Waals surface area contributed by atoms with Crippen LogP contribution in [0.5, 0.6) is 0 Å². The second-order valence-electron chi connectivity index (χ2n) is 3.27. The van der Waals surface area contributed by atoms with Crippen LogP contribution in [0.4, 0.5) is 0 Å². The molecule has 0 aliphatic carbocycles. The predicted octanol–water partition coefficient (Wildman–Crippen LogP) is 1.33. The summed E-state index contributed by atoms with van der Waals surface area (Å²) in [4.78, 5) is 0. The van der Waals surface area contributed by atoms with Gasteiger partial charge in [-0.1, -0.05) is 6.42 Å². The van der Waals surface area contributed by atoms with E-state index >= 15 is 0 Å². The molecular weight excluding hydrogens is 144 g/mol. The smallest absolute Gasteiger partial charge is 0.0125 e. The third kappa shape index (κ3) is 4.14. The largest absolute Gasteiger partial charge is 0.312 e. The van der Waals surface area contributed by atoms with Crippen LogP contribution in [0.3, 0.4) is 0 Å². The van der Waals surface area contributed by atoms with Gasteiger partial charge in [0.1, 0.15) is 0 Å². The summed E-state index contributed by atoms with van der Waals surface area (Å²) in [6.45, 7) is 5.76. The van der Waals surface area contributed by atoms with Crippen molar-refractivity contribution < 1.29 is 0 Å². The molecule has 1 aliphatic heterocycles. The molecule has 2 nitrogen and oxygen atoms in total. The highest BCUT2D eigenvalue weighted by atomic mass is 32.1. The van der Waals surface area contributed by atoms with Crippen LogP contribution in [0.1, 0.15) is 33.1 Å². The summed E-state index contributed by atoms with van der Waals surface area (Å²) in [6, 6.07) is 0. The van der Waals surface area contributed by atoms with E-state index in [9.17, 15) is 0 Å². The summed E-state index contributed by atoms with van der Waals surface area (Å²) >= 11 is 3.03. The number of rotatable bonds is 0. The molecule has 1 heterocycles. The molecule has 0 aromatic rings. The van der Waals surface area contributed by atoms with Gasteiger partial charge in [-0.25, -0.2) is 0 Å². The number of nitrogens with two attached hydrogens (primary N) is 1. The van der Waals surface area contributed by atoms with Gasteiger partial charge in [0.15, 0.2) is 0 Å². The Bertz CT molecular complexity index is 75.7. The molecule has 0 aromatic heterocycles. The summed E-state index contributed by atoms with van der Waals surface area (Å²) < 4.78 is 0. The maximum absolute atomic E-state index is 4.19. The predicted molar refractivity (Wildman–Crippen MR) is 49.1 cm³/mol. The lowest BCUT2D eigenvalue weighted by atomic mass is 9.93. The molecule has 0 amide bonds. The third-order valence-corrected chi connectivity index (χ3v) is 1.83. The van der Waals surface area contributed by atoms with Gasteiger partial charge in [0.2, 0.25) is 0 Å². The molecule has 3 heteroatoms. The van der Waals surface area contributed by atoms with E-state index in [1.807, 2.05) is 0 Å². The zero-order chi connectivity index (χ0) is 8.04. The number of hydrogen-bond donors (Lipinski definition) is 3. The van der Waals surface area contributed by atoms with Gasteiger partial charge in [0, 0.05) is 5.54 Å². The Kier molecular flexibility index (Phi) is 5.13. The minimum atomic E-state index is 0.429. The Morgan fingerprint density at radius 1 is 1.30 bits per heavy atom. The van der Waals surface area contributed by atoms with Gasteiger partial charge in [-0.3, -0.25) is 5.14 Å². The second-order valence-corrected chi connectivity index (χ2v) is 3.27. The Balaban J connectivity index is 0.000000371. The van der Waals surface area contributed by atoms with Crippen LogP contribution in [-0.4, -0.2) is 12.1 Å². The highest BCUT2D eigenvalue weighted by Crippen LogP contribution is 2.16. The molecule has 0 aromatic carbocycles. The van der Waals surface area contributed by atoms with Crippen molar-refractivity contribution in [1.82, 2.24) is 5.32 Å². The first-order valence-corrected chi connectivity index (χ1v) is 4.23. The van der Waals surface area contributed by atoms with E-state index in [-0.39, 0.29) is 0 Å². The molecule has 1 rings (SSSR count). The van der Waals surface area contributed by atoms with E-state index in [2.05, 4.69) is 37.1 Å². The summed E-state index contributed by atoms with van der Waals surface area (Å²) in [5.41, 5.74) is 0.429. The van der Waals surface area contributed by atoms with Crippen molar-refractivity contribution in [2.24, 2.45) is 5.14 Å². The summed E-state index contributed by atoms with van der Waals surface area (Å²) in [5.74, 6) is 0. The molecule has 62 valence electrons. The topological polar surface area (TPSA) is 38.0 Å². The van der Waals surface area contributed by atoms with Crippen LogP contribution < -0.4 is 10.5 Å². The minimum absolute atomic E-state index is 0.429. The molecule has 1 aliphatic rings. The number of hydrogen-bond acceptors (Lipinski definition) is 3. The van der Waals surface area contributed by atoms with Gasteiger partial charge in [-0.15, -0.1) is 12.8 Å². The van der Waals surface area contributed by atoms with E-state index in [1.165, 1.54) is 25.8 Å². The monoisotopic (exact) mass is 162 g/mol. The SMILES string of the molecule is CC1(C)CCCCN1.NS. The van der Waals surface area contributed by atoms with Gasteiger partial charge in [-0.05, 0) is 33.2 Å². The molecular formula is C7H18N2S. The van der Waals surface area contributed by atoms with E-state index in [0.717, 1.165) is 0 Å². The zero-order valence-corrected chi connectivity index (χ0v) is 7.75. The normalized spacial score (nSPS) is 22.8. The van der Waals surface area contributed by atoms with Crippen LogP contribution in [-0.2, 0) is 0 Å². The van der Waals surface area contributed by atoms with Crippen LogP contribution in [0, 0.1) is 0 Å². The molecule has 0 unspecified atom stereocenters. The maximum Gasteiger partial charge on any atom is 0.0125 e. The van der Waals surface area contributed by atoms with Crippen molar-refractivity contribution in [2.75, 3.05) is 6.54 Å². The quantitative estimate of drug-likeness (QED) is 0.470. The molecule has 0 saturated carbocycles. The van der Waals surface area contributed by atoms with Crippen molar-refractivity contribution >= 4 is 12.8 Å². The molecule has 3 N–H and O–H groups in total. The van der Waals surface area contributed by atoms with Crippen molar-refractivity contribution in [1.29, 1.82) is 0 Å². The van der Waals surface area contributed by atoms with Gasteiger partial charge in [0.05, 0.1) is 0 Å². The summed E-state index contributed by atoms with van der Waals surface area (Å²) in [7, 11) is 0. The molecule has 0 spiro atoms. The van der Waals surface area contributed by atoms with E-state index < -0.39 is 0 Å². The molecule has 0 bridgehead atoms. The molecule has 10 heavy (non-hydrogen) atoms. The number of piperidine rings is 1. The molecule has 0 radical (unpaired) electrons. The maximum atomic E-state index is 4.19. The van der Waals surface area contributed by atoms with Crippen molar-refractivity contribution in [3.63, 3.8) is 0 Å². The zero-order valence-electron chi connectivity index (χ0n) is 6.85. The lowest BCUT2D eigenvalue weighted by Gasteiger charge is -2.30. The van der Waals surface area contributed by atoms with E-state index in [4.69, 9.17) is 0 Å².